The van der Waals surface area contributed by atoms with E-state index in [9.17, 15) is 4.79 Å². The molecule has 1 N–H and O–H groups in total. The van der Waals surface area contributed by atoms with E-state index in [4.69, 9.17) is 9.47 Å². The van der Waals surface area contributed by atoms with Crippen LogP contribution >= 0.6 is 0 Å². The van der Waals surface area contributed by atoms with Crippen molar-refractivity contribution < 1.29 is 14.3 Å². The number of benzene rings is 1. The zero-order valence-corrected chi connectivity index (χ0v) is 15.8. The van der Waals surface area contributed by atoms with Crippen molar-refractivity contribution >= 4 is 11.7 Å². The predicted octanol–water partition coefficient (Wildman–Crippen LogP) is 5.10. The van der Waals surface area contributed by atoms with Crippen LogP contribution in [0.4, 0.5) is 5.69 Å². The maximum Gasteiger partial charge on any atom is 0.338 e. The summed E-state index contributed by atoms with van der Waals surface area (Å²) in [7, 11) is 0. The molecule has 4 heteroatoms. The van der Waals surface area contributed by atoms with Gasteiger partial charge in [0, 0.05) is 29.8 Å². The minimum atomic E-state index is -0.226. The third kappa shape index (κ3) is 3.48. The fourth-order valence-electron chi connectivity index (χ4n) is 5.07. The van der Waals surface area contributed by atoms with Gasteiger partial charge in [-0.05, 0) is 56.2 Å². The van der Waals surface area contributed by atoms with Crippen LogP contribution in [0.2, 0.25) is 0 Å². The van der Waals surface area contributed by atoms with Gasteiger partial charge in [0.05, 0.1) is 18.3 Å². The Labute approximate surface area is 156 Å². The van der Waals surface area contributed by atoms with Crippen molar-refractivity contribution in [3.8, 4) is 0 Å². The van der Waals surface area contributed by atoms with Crippen molar-refractivity contribution in [2.75, 3.05) is 18.5 Å². The number of ether oxygens (including phenoxy) is 2. The predicted molar refractivity (Wildman–Crippen MR) is 102 cm³/mol. The molecule has 26 heavy (non-hydrogen) atoms. The molecule has 1 unspecified atom stereocenters. The van der Waals surface area contributed by atoms with E-state index >= 15 is 0 Å². The number of esters is 1. The van der Waals surface area contributed by atoms with E-state index in [-0.39, 0.29) is 12.1 Å². The minimum Gasteiger partial charge on any atom is -0.462 e. The average Bonchev–Trinajstić information content (AvgIpc) is 2.71. The molecule has 0 amide bonds. The van der Waals surface area contributed by atoms with Crippen LogP contribution in [0, 0.1) is 11.8 Å². The molecule has 0 spiro atoms. The Kier molecular flexibility index (Phi) is 5.49. The molecule has 0 radical (unpaired) electrons. The largest absolute Gasteiger partial charge is 0.462 e. The van der Waals surface area contributed by atoms with Crippen molar-refractivity contribution in [1.29, 1.82) is 0 Å². The maximum atomic E-state index is 12.3. The molecule has 1 saturated heterocycles. The van der Waals surface area contributed by atoms with Crippen LogP contribution in [0.3, 0.4) is 0 Å². The number of nitrogens with one attached hydrogen (secondary N) is 1. The minimum absolute atomic E-state index is 0.117. The maximum absolute atomic E-state index is 12.3. The molecule has 1 aliphatic carbocycles. The summed E-state index contributed by atoms with van der Waals surface area (Å²) in [5.41, 5.74) is 2.94. The highest BCUT2D eigenvalue weighted by Crippen LogP contribution is 2.47. The Balaban J connectivity index is 1.61. The SMILES string of the molecule is CCCOC(=O)c1ccc2c(c1)C1OCCC[C@H]1[C@@H](C1CCCCC1)N2. The van der Waals surface area contributed by atoms with Gasteiger partial charge in [-0.2, -0.15) is 0 Å². The number of anilines is 1. The normalized spacial score (nSPS) is 28.6. The Morgan fingerprint density at radius 3 is 2.85 bits per heavy atom. The highest BCUT2D eigenvalue weighted by molar-refractivity contribution is 5.90. The van der Waals surface area contributed by atoms with Gasteiger partial charge >= 0.3 is 5.97 Å². The van der Waals surface area contributed by atoms with Crippen LogP contribution in [-0.4, -0.2) is 25.2 Å². The van der Waals surface area contributed by atoms with Crippen molar-refractivity contribution in [3.05, 3.63) is 29.3 Å². The smallest absolute Gasteiger partial charge is 0.338 e. The first-order valence-corrected chi connectivity index (χ1v) is 10.5. The fraction of sp³-hybridized carbons (Fsp3) is 0.682. The lowest BCUT2D eigenvalue weighted by atomic mass is 9.71. The third-order valence-corrected chi connectivity index (χ3v) is 6.34. The van der Waals surface area contributed by atoms with E-state index < -0.39 is 0 Å². The molecular formula is C22H31NO3. The molecule has 1 aromatic rings. The summed E-state index contributed by atoms with van der Waals surface area (Å²) in [4.78, 5) is 12.3. The van der Waals surface area contributed by atoms with Gasteiger partial charge in [0.1, 0.15) is 0 Å². The van der Waals surface area contributed by atoms with E-state index in [1.807, 2.05) is 19.1 Å². The molecular weight excluding hydrogens is 326 g/mol. The van der Waals surface area contributed by atoms with E-state index in [2.05, 4.69) is 11.4 Å². The zero-order valence-electron chi connectivity index (χ0n) is 15.8. The molecule has 3 aliphatic rings. The van der Waals surface area contributed by atoms with Crippen LogP contribution < -0.4 is 5.32 Å². The number of hydrogen-bond donors (Lipinski definition) is 1. The molecule has 4 nitrogen and oxygen atoms in total. The van der Waals surface area contributed by atoms with E-state index in [1.165, 1.54) is 38.5 Å². The summed E-state index contributed by atoms with van der Waals surface area (Å²) in [5.74, 6) is 1.04. The molecule has 0 bridgehead atoms. The van der Waals surface area contributed by atoms with Gasteiger partial charge in [0.2, 0.25) is 0 Å². The third-order valence-electron chi connectivity index (χ3n) is 6.34. The lowest BCUT2D eigenvalue weighted by molar-refractivity contribution is -0.0458. The molecule has 1 saturated carbocycles. The number of fused-ring (bicyclic) bond motifs is 3. The van der Waals surface area contributed by atoms with Crippen molar-refractivity contribution in [2.45, 2.75) is 70.4 Å². The van der Waals surface area contributed by atoms with Gasteiger partial charge in [-0.3, -0.25) is 0 Å². The number of hydrogen-bond acceptors (Lipinski definition) is 4. The van der Waals surface area contributed by atoms with Gasteiger partial charge < -0.3 is 14.8 Å². The van der Waals surface area contributed by atoms with Crippen molar-refractivity contribution in [3.63, 3.8) is 0 Å². The van der Waals surface area contributed by atoms with Crippen LogP contribution in [0.5, 0.6) is 0 Å². The lowest BCUT2D eigenvalue weighted by Gasteiger charge is -2.47. The first-order valence-electron chi connectivity index (χ1n) is 10.5. The summed E-state index contributed by atoms with van der Waals surface area (Å²) in [6.45, 7) is 3.30. The van der Waals surface area contributed by atoms with Gasteiger partial charge in [-0.1, -0.05) is 26.2 Å². The van der Waals surface area contributed by atoms with E-state index in [0.717, 1.165) is 36.6 Å². The Morgan fingerprint density at radius 2 is 2.04 bits per heavy atom. The Hall–Kier alpha value is -1.55. The summed E-state index contributed by atoms with van der Waals surface area (Å²) in [5, 5.41) is 3.84. The van der Waals surface area contributed by atoms with Crippen LogP contribution in [0.1, 0.15) is 80.3 Å². The molecule has 2 aliphatic heterocycles. The number of carbonyl (C=O) groups is 1. The highest BCUT2D eigenvalue weighted by Gasteiger charge is 2.42. The van der Waals surface area contributed by atoms with E-state index in [1.54, 1.807) is 0 Å². The summed E-state index contributed by atoms with van der Waals surface area (Å²) in [6.07, 6.45) is 10.1. The quantitative estimate of drug-likeness (QED) is 0.762. The second-order valence-corrected chi connectivity index (χ2v) is 8.10. The van der Waals surface area contributed by atoms with Gasteiger partial charge in [0.15, 0.2) is 0 Å². The van der Waals surface area contributed by atoms with Crippen LogP contribution in [-0.2, 0) is 9.47 Å². The molecule has 3 atom stereocenters. The highest BCUT2D eigenvalue weighted by atomic mass is 16.5. The van der Waals surface area contributed by atoms with Crippen molar-refractivity contribution in [1.82, 2.24) is 0 Å². The molecule has 0 aromatic heterocycles. The molecule has 2 heterocycles. The average molecular weight is 357 g/mol. The lowest BCUT2D eigenvalue weighted by Crippen LogP contribution is -2.46. The van der Waals surface area contributed by atoms with Crippen LogP contribution in [0.15, 0.2) is 18.2 Å². The van der Waals surface area contributed by atoms with E-state index in [0.29, 0.717) is 24.1 Å². The molecule has 1 aromatic carbocycles. The molecule has 142 valence electrons. The fourth-order valence-corrected chi connectivity index (χ4v) is 5.07. The van der Waals surface area contributed by atoms with Gasteiger partial charge in [-0.15, -0.1) is 0 Å². The Bertz CT molecular complexity index is 638. The number of rotatable bonds is 4. The zero-order chi connectivity index (χ0) is 17.9. The van der Waals surface area contributed by atoms with Gasteiger partial charge in [0.25, 0.3) is 0 Å². The first kappa shape index (κ1) is 17.8. The Morgan fingerprint density at radius 1 is 1.19 bits per heavy atom. The standard InChI is InChI=1S/C22H31NO3/c1-2-12-26-22(24)16-10-11-19-18(14-16)21-17(9-6-13-25-21)20(23-19)15-7-4-3-5-8-15/h10-11,14-15,17,20-21,23H,2-9,12-13H2,1H3/t17-,20+,21?/m0/s1. The van der Waals surface area contributed by atoms with Crippen molar-refractivity contribution in [2.24, 2.45) is 11.8 Å². The molecule has 2 fully saturated rings. The number of carbonyl (C=O) groups excluding carboxylic acids is 1. The molecule has 4 rings (SSSR count). The second kappa shape index (κ2) is 7.99. The summed E-state index contributed by atoms with van der Waals surface area (Å²) < 4.78 is 11.6. The van der Waals surface area contributed by atoms with Gasteiger partial charge in [-0.25, -0.2) is 4.79 Å². The van der Waals surface area contributed by atoms with Crippen LogP contribution in [0.25, 0.3) is 0 Å². The summed E-state index contributed by atoms with van der Waals surface area (Å²) in [6, 6.07) is 6.46. The second-order valence-electron chi connectivity index (χ2n) is 8.10. The topological polar surface area (TPSA) is 47.6 Å². The summed E-state index contributed by atoms with van der Waals surface area (Å²) >= 11 is 0. The monoisotopic (exact) mass is 357 g/mol. The first-order chi connectivity index (χ1) is 12.8.